The van der Waals surface area contributed by atoms with Crippen LogP contribution in [0.25, 0.3) is 0 Å². The van der Waals surface area contributed by atoms with Gasteiger partial charge in [-0.1, -0.05) is 35.5 Å². The number of nitrogens with one attached hydrogen (secondary N) is 1. The predicted octanol–water partition coefficient (Wildman–Crippen LogP) is 2.42. The lowest BCUT2D eigenvalue weighted by molar-refractivity contribution is -0.116. The Morgan fingerprint density at radius 3 is 2.61 bits per heavy atom. The summed E-state index contributed by atoms with van der Waals surface area (Å²) >= 11 is 0. The molecule has 96 valence electrons. The molecule has 1 aromatic carbocycles. The quantitative estimate of drug-likeness (QED) is 0.871. The maximum atomic E-state index is 11.9. The van der Waals surface area contributed by atoms with Crippen LogP contribution in [0.5, 0.6) is 0 Å². The van der Waals surface area contributed by atoms with Crippen molar-refractivity contribution in [1.29, 1.82) is 0 Å². The Kier molecular flexibility index (Phi) is 3.36. The lowest BCUT2D eigenvalue weighted by Gasteiger charge is -2.19. The summed E-state index contributed by atoms with van der Waals surface area (Å²) in [5, 5.41) is 6.77. The second-order valence-electron chi connectivity index (χ2n) is 5.45. The van der Waals surface area contributed by atoms with Crippen LogP contribution >= 0.6 is 0 Å². The van der Waals surface area contributed by atoms with Crippen molar-refractivity contribution in [3.63, 3.8) is 0 Å². The van der Waals surface area contributed by atoms with E-state index in [0.717, 1.165) is 5.56 Å². The van der Waals surface area contributed by atoms with E-state index in [4.69, 9.17) is 4.84 Å². The first-order valence-electron chi connectivity index (χ1n) is 6.06. The van der Waals surface area contributed by atoms with Crippen LogP contribution in [0.1, 0.15) is 38.9 Å². The van der Waals surface area contributed by atoms with Crippen molar-refractivity contribution >= 4 is 11.6 Å². The molecule has 0 radical (unpaired) electrons. The Morgan fingerprint density at radius 1 is 1.33 bits per heavy atom. The summed E-state index contributed by atoms with van der Waals surface area (Å²) in [6, 6.07) is 9.81. The van der Waals surface area contributed by atoms with Crippen LogP contribution in [0.2, 0.25) is 0 Å². The molecule has 0 spiro atoms. The normalized spacial score (nSPS) is 19.1. The van der Waals surface area contributed by atoms with E-state index < -0.39 is 0 Å². The number of rotatable bonds is 2. The van der Waals surface area contributed by atoms with Gasteiger partial charge in [0.05, 0.1) is 0 Å². The van der Waals surface area contributed by atoms with Crippen LogP contribution in [0.4, 0.5) is 0 Å². The Hall–Kier alpha value is -1.84. The van der Waals surface area contributed by atoms with Crippen LogP contribution in [0.3, 0.4) is 0 Å². The zero-order valence-corrected chi connectivity index (χ0v) is 10.9. The van der Waals surface area contributed by atoms with E-state index in [1.807, 2.05) is 51.1 Å². The smallest absolute Gasteiger partial charge is 0.269 e. The highest BCUT2D eigenvalue weighted by molar-refractivity contribution is 6.39. The van der Waals surface area contributed by atoms with E-state index in [1.54, 1.807) is 0 Å². The van der Waals surface area contributed by atoms with E-state index in [-0.39, 0.29) is 17.6 Å². The third kappa shape index (κ3) is 3.09. The first kappa shape index (κ1) is 12.6. The van der Waals surface area contributed by atoms with Crippen molar-refractivity contribution < 1.29 is 9.63 Å². The summed E-state index contributed by atoms with van der Waals surface area (Å²) < 4.78 is 0. The topological polar surface area (TPSA) is 50.7 Å². The van der Waals surface area contributed by atoms with E-state index in [1.165, 1.54) is 0 Å². The van der Waals surface area contributed by atoms with Crippen molar-refractivity contribution in [2.24, 2.45) is 5.16 Å². The van der Waals surface area contributed by atoms with Gasteiger partial charge >= 0.3 is 0 Å². The van der Waals surface area contributed by atoms with Crippen LogP contribution < -0.4 is 5.32 Å². The Balaban J connectivity index is 1.98. The molecular formula is C14H18N2O2. The van der Waals surface area contributed by atoms with Crippen molar-refractivity contribution in [2.45, 2.75) is 38.8 Å². The molecule has 1 aliphatic heterocycles. The van der Waals surface area contributed by atoms with E-state index in [9.17, 15) is 4.79 Å². The first-order valence-corrected chi connectivity index (χ1v) is 6.06. The summed E-state index contributed by atoms with van der Waals surface area (Å²) in [4.78, 5) is 17.2. The lowest BCUT2D eigenvalue weighted by Crippen LogP contribution is -2.43. The third-order valence-corrected chi connectivity index (χ3v) is 2.59. The Bertz CT molecular complexity index is 460. The summed E-state index contributed by atoms with van der Waals surface area (Å²) in [6.07, 6.45) is 0.373. The molecule has 0 fully saturated rings. The SMILES string of the molecule is CC(C)(C)NC(=O)C1=NOC(c2ccccc2)C1. The second-order valence-corrected chi connectivity index (χ2v) is 5.45. The zero-order valence-electron chi connectivity index (χ0n) is 10.9. The molecule has 1 atom stereocenters. The summed E-state index contributed by atoms with van der Waals surface area (Å²) in [5.74, 6) is -0.152. The van der Waals surface area contributed by atoms with Gasteiger partial charge in [-0.2, -0.15) is 0 Å². The van der Waals surface area contributed by atoms with Crippen molar-refractivity contribution in [1.82, 2.24) is 5.32 Å². The maximum absolute atomic E-state index is 11.9. The first-order chi connectivity index (χ1) is 8.46. The number of benzene rings is 1. The summed E-state index contributed by atoms with van der Waals surface area (Å²) in [6.45, 7) is 5.82. The molecule has 1 aliphatic rings. The minimum Gasteiger partial charge on any atom is -0.387 e. The monoisotopic (exact) mass is 246 g/mol. The fourth-order valence-electron chi connectivity index (χ4n) is 1.77. The van der Waals surface area contributed by atoms with Gasteiger partial charge in [-0.3, -0.25) is 4.79 Å². The van der Waals surface area contributed by atoms with E-state index in [0.29, 0.717) is 12.1 Å². The molecule has 0 saturated carbocycles. The predicted molar refractivity (Wildman–Crippen MR) is 70.2 cm³/mol. The zero-order chi connectivity index (χ0) is 13.2. The average molecular weight is 246 g/mol. The molecule has 0 bridgehead atoms. The largest absolute Gasteiger partial charge is 0.387 e. The number of oxime groups is 1. The number of amides is 1. The van der Waals surface area contributed by atoms with Crippen molar-refractivity contribution in [3.05, 3.63) is 35.9 Å². The molecule has 0 aliphatic carbocycles. The average Bonchev–Trinajstić information content (AvgIpc) is 2.77. The molecule has 1 amide bonds. The molecule has 0 aromatic heterocycles. The van der Waals surface area contributed by atoms with Gasteiger partial charge in [0.15, 0.2) is 6.10 Å². The van der Waals surface area contributed by atoms with Gasteiger partial charge < -0.3 is 10.2 Å². The molecule has 1 heterocycles. The van der Waals surface area contributed by atoms with Gasteiger partial charge in [0, 0.05) is 12.0 Å². The fourth-order valence-corrected chi connectivity index (χ4v) is 1.77. The molecule has 4 heteroatoms. The molecule has 0 saturated heterocycles. The van der Waals surface area contributed by atoms with Gasteiger partial charge in [0.25, 0.3) is 5.91 Å². The van der Waals surface area contributed by atoms with Crippen LogP contribution in [-0.4, -0.2) is 17.2 Å². The standard InChI is InChI=1S/C14H18N2O2/c1-14(2,3)15-13(17)11-9-12(18-16-11)10-7-5-4-6-8-10/h4-8,12H,9H2,1-3H3,(H,15,17). The molecule has 4 nitrogen and oxygen atoms in total. The molecule has 1 unspecified atom stereocenters. The van der Waals surface area contributed by atoms with E-state index >= 15 is 0 Å². The molecule has 2 rings (SSSR count). The van der Waals surface area contributed by atoms with Gasteiger partial charge in [-0.05, 0) is 26.3 Å². The Morgan fingerprint density at radius 2 is 2.00 bits per heavy atom. The highest BCUT2D eigenvalue weighted by Gasteiger charge is 2.28. The molecule has 18 heavy (non-hydrogen) atoms. The highest BCUT2D eigenvalue weighted by Crippen LogP contribution is 2.26. The maximum Gasteiger partial charge on any atom is 0.269 e. The molecule has 1 N–H and O–H groups in total. The third-order valence-electron chi connectivity index (χ3n) is 2.59. The highest BCUT2D eigenvalue weighted by atomic mass is 16.6. The Labute approximate surface area is 107 Å². The van der Waals surface area contributed by atoms with Gasteiger partial charge in [-0.15, -0.1) is 0 Å². The number of hydrogen-bond donors (Lipinski definition) is 1. The fraction of sp³-hybridized carbons (Fsp3) is 0.429. The van der Waals surface area contributed by atoms with Crippen molar-refractivity contribution in [3.8, 4) is 0 Å². The minimum atomic E-state index is -0.259. The van der Waals surface area contributed by atoms with Crippen LogP contribution in [-0.2, 0) is 9.63 Å². The van der Waals surface area contributed by atoms with Gasteiger partial charge in [0.2, 0.25) is 0 Å². The summed E-state index contributed by atoms with van der Waals surface area (Å²) in [5.41, 5.74) is 1.24. The molecule has 1 aromatic rings. The minimum absolute atomic E-state index is 0.146. The van der Waals surface area contributed by atoms with Gasteiger partial charge in [-0.25, -0.2) is 0 Å². The number of carbonyl (C=O) groups excluding carboxylic acids is 1. The second kappa shape index (κ2) is 4.80. The number of carbonyl (C=O) groups is 1. The molecular weight excluding hydrogens is 228 g/mol. The van der Waals surface area contributed by atoms with E-state index in [2.05, 4.69) is 10.5 Å². The number of hydrogen-bond acceptors (Lipinski definition) is 3. The summed E-state index contributed by atoms with van der Waals surface area (Å²) in [7, 11) is 0. The van der Waals surface area contributed by atoms with Crippen molar-refractivity contribution in [2.75, 3.05) is 0 Å². The van der Waals surface area contributed by atoms with Gasteiger partial charge in [0.1, 0.15) is 5.71 Å². The lowest BCUT2D eigenvalue weighted by atomic mass is 10.0. The van der Waals surface area contributed by atoms with Crippen LogP contribution in [0, 0.1) is 0 Å². The van der Waals surface area contributed by atoms with Crippen LogP contribution in [0.15, 0.2) is 35.5 Å². The number of nitrogens with zero attached hydrogens (tertiary/aromatic N) is 1.